The molecule has 0 saturated heterocycles. The number of carbonyl (C=O) groups is 1. The average Bonchev–Trinajstić information content (AvgIpc) is 3.03. The molecule has 3 aromatic rings. The van der Waals surface area contributed by atoms with Gasteiger partial charge in [0.2, 0.25) is 3.79 Å². The Kier molecular flexibility index (Phi) is 14.8. The van der Waals surface area contributed by atoms with Gasteiger partial charge in [0.1, 0.15) is 18.1 Å². The third kappa shape index (κ3) is 13.2. The molecule has 0 radical (unpaired) electrons. The minimum absolute atomic E-state index is 0.0399. The van der Waals surface area contributed by atoms with Crippen LogP contribution >= 0.6 is 34.8 Å². The Hall–Kier alpha value is -2.46. The summed E-state index contributed by atoms with van der Waals surface area (Å²) in [4.78, 5) is 15.3. The third-order valence-corrected chi connectivity index (χ3v) is 13.5. The molecule has 0 fully saturated rings. The smallest absolute Gasteiger partial charge is 0.407 e. The van der Waals surface area contributed by atoms with Crippen molar-refractivity contribution < 1.29 is 23.4 Å². The van der Waals surface area contributed by atoms with Gasteiger partial charge >= 0.3 is 6.09 Å². The number of hydrogen-bond acceptors (Lipinski definition) is 6. The fourth-order valence-corrected chi connectivity index (χ4v) is 6.12. The molecule has 0 heterocycles. The summed E-state index contributed by atoms with van der Waals surface area (Å²) in [6, 6.07) is 26.3. The zero-order chi connectivity index (χ0) is 34.7. The van der Waals surface area contributed by atoms with Crippen LogP contribution in [-0.4, -0.2) is 69.2 Å². The molecular formula is C36H49Cl3N2O5Si. The summed E-state index contributed by atoms with van der Waals surface area (Å²) in [6.45, 7) is 12.4. The number of nitrogens with zero attached hydrogens (tertiary/aromatic N) is 1. The minimum atomic E-state index is -2.11. The van der Waals surface area contributed by atoms with Crippen LogP contribution in [0.2, 0.25) is 18.1 Å². The Bertz CT molecular complexity index is 1360. The van der Waals surface area contributed by atoms with Gasteiger partial charge in [-0.1, -0.05) is 110 Å². The number of methoxy groups -OCH3 is 2. The van der Waals surface area contributed by atoms with Gasteiger partial charge in [-0.15, -0.1) is 0 Å². The normalized spacial score (nSPS) is 13.6. The van der Waals surface area contributed by atoms with E-state index in [1.807, 2.05) is 42.5 Å². The molecule has 47 heavy (non-hydrogen) atoms. The van der Waals surface area contributed by atoms with Crippen LogP contribution in [0.15, 0.2) is 78.9 Å². The van der Waals surface area contributed by atoms with Crippen LogP contribution in [0.4, 0.5) is 4.79 Å². The van der Waals surface area contributed by atoms with Gasteiger partial charge in [0.25, 0.3) is 0 Å². The van der Waals surface area contributed by atoms with Crippen molar-refractivity contribution in [2.24, 2.45) is 0 Å². The molecule has 0 bridgehead atoms. The highest BCUT2D eigenvalue weighted by molar-refractivity contribution is 6.74. The Labute approximate surface area is 296 Å². The van der Waals surface area contributed by atoms with Crippen molar-refractivity contribution >= 4 is 49.2 Å². The number of rotatable bonds is 16. The number of halogens is 3. The largest absolute Gasteiger partial charge is 0.497 e. The zero-order valence-corrected chi connectivity index (χ0v) is 31.8. The van der Waals surface area contributed by atoms with E-state index in [4.69, 9.17) is 53.4 Å². The van der Waals surface area contributed by atoms with Crippen molar-refractivity contribution in [3.05, 3.63) is 95.6 Å². The number of amides is 1. The number of nitrogens with one attached hydrogen (secondary N) is 1. The van der Waals surface area contributed by atoms with Gasteiger partial charge in [-0.2, -0.15) is 0 Å². The van der Waals surface area contributed by atoms with Crippen molar-refractivity contribution in [3.8, 4) is 11.5 Å². The molecule has 3 aromatic carbocycles. The molecule has 1 amide bonds. The van der Waals surface area contributed by atoms with Crippen molar-refractivity contribution in [3.63, 3.8) is 0 Å². The molecule has 258 valence electrons. The maximum absolute atomic E-state index is 12.8. The highest BCUT2D eigenvalue weighted by Crippen LogP contribution is 2.37. The first-order valence-electron chi connectivity index (χ1n) is 15.8. The minimum Gasteiger partial charge on any atom is -0.497 e. The van der Waals surface area contributed by atoms with Crippen LogP contribution in [-0.2, 0) is 28.5 Å². The first kappa shape index (κ1) is 39.0. The molecule has 2 atom stereocenters. The van der Waals surface area contributed by atoms with E-state index in [2.05, 4.69) is 80.5 Å². The second kappa shape index (κ2) is 17.8. The van der Waals surface area contributed by atoms with Crippen molar-refractivity contribution in [2.45, 2.75) is 74.2 Å². The van der Waals surface area contributed by atoms with E-state index in [9.17, 15) is 4.79 Å². The predicted octanol–water partition coefficient (Wildman–Crippen LogP) is 8.85. The van der Waals surface area contributed by atoms with Gasteiger partial charge in [0.05, 0.1) is 14.2 Å². The summed E-state index contributed by atoms with van der Waals surface area (Å²) in [5, 5.41) is 2.98. The number of alkyl halides is 3. The van der Waals surface area contributed by atoms with Crippen LogP contribution in [0.25, 0.3) is 0 Å². The Balaban J connectivity index is 2.05. The first-order chi connectivity index (χ1) is 22.1. The molecular weight excluding hydrogens is 675 g/mol. The van der Waals surface area contributed by atoms with E-state index in [0.717, 1.165) is 34.6 Å². The Morgan fingerprint density at radius 1 is 0.787 bits per heavy atom. The van der Waals surface area contributed by atoms with E-state index in [1.54, 1.807) is 14.2 Å². The summed E-state index contributed by atoms with van der Waals surface area (Å²) in [5.41, 5.74) is 3.41. The highest BCUT2D eigenvalue weighted by atomic mass is 35.6. The van der Waals surface area contributed by atoms with Gasteiger partial charge in [-0.3, -0.25) is 4.90 Å². The molecule has 0 saturated carbocycles. The summed E-state index contributed by atoms with van der Waals surface area (Å²) in [7, 11) is 1.21. The summed E-state index contributed by atoms with van der Waals surface area (Å²) in [5.74, 6) is 1.58. The molecule has 1 N–H and O–H groups in total. The lowest BCUT2D eigenvalue weighted by Crippen LogP contribution is -2.53. The van der Waals surface area contributed by atoms with E-state index in [0.29, 0.717) is 19.6 Å². The van der Waals surface area contributed by atoms with E-state index in [-0.39, 0.29) is 30.3 Å². The summed E-state index contributed by atoms with van der Waals surface area (Å²) >= 11 is 17.5. The number of alkyl carbamates (subject to hydrolysis) is 1. The van der Waals surface area contributed by atoms with Crippen molar-refractivity contribution in [2.75, 3.05) is 34.0 Å². The maximum atomic E-state index is 12.8. The van der Waals surface area contributed by atoms with Crippen molar-refractivity contribution in [1.29, 1.82) is 0 Å². The molecule has 0 aromatic heterocycles. The number of hydrogen-bond donors (Lipinski definition) is 1. The van der Waals surface area contributed by atoms with Crippen LogP contribution in [0, 0.1) is 0 Å². The topological polar surface area (TPSA) is 69.3 Å². The predicted molar refractivity (Wildman–Crippen MR) is 196 cm³/mol. The van der Waals surface area contributed by atoms with E-state index in [1.165, 1.54) is 0 Å². The summed E-state index contributed by atoms with van der Waals surface area (Å²) < 4.78 is 21.3. The molecule has 7 nitrogen and oxygen atoms in total. The van der Waals surface area contributed by atoms with Gasteiger partial charge in [-0.25, -0.2) is 4.79 Å². The van der Waals surface area contributed by atoms with Gasteiger partial charge in [0, 0.05) is 31.8 Å². The Morgan fingerprint density at radius 3 is 1.77 bits per heavy atom. The second-order valence-corrected chi connectivity index (χ2v) is 20.5. The maximum Gasteiger partial charge on any atom is 0.407 e. The van der Waals surface area contributed by atoms with E-state index < -0.39 is 18.2 Å². The first-order valence-corrected chi connectivity index (χ1v) is 19.8. The Morgan fingerprint density at radius 2 is 1.30 bits per heavy atom. The molecule has 11 heteroatoms. The lowest BCUT2D eigenvalue weighted by Gasteiger charge is -2.42. The lowest BCUT2D eigenvalue weighted by molar-refractivity contribution is 0.0750. The summed E-state index contributed by atoms with van der Waals surface area (Å²) in [6.07, 6.45) is 0.711. The SMILES string of the molecule is COc1ccc(C[C@@H](CO[Si](C)(C)C(C)(C)C)N(Cc2ccccc2)[C@@H](CNC(=O)OCC(Cl)(Cl)Cl)Cc2ccc(OC)cc2)cc1. The quantitative estimate of drug-likeness (QED) is 0.118. The van der Waals surface area contributed by atoms with Crippen LogP contribution < -0.4 is 14.8 Å². The van der Waals surface area contributed by atoms with Crippen LogP contribution in [0.1, 0.15) is 37.5 Å². The molecule has 0 spiro atoms. The monoisotopic (exact) mass is 722 g/mol. The zero-order valence-electron chi connectivity index (χ0n) is 28.5. The van der Waals surface area contributed by atoms with E-state index >= 15 is 0 Å². The fraction of sp³-hybridized carbons (Fsp3) is 0.472. The molecule has 0 aliphatic rings. The average molecular weight is 724 g/mol. The lowest BCUT2D eigenvalue weighted by atomic mass is 9.98. The van der Waals surface area contributed by atoms with Gasteiger partial charge in [0.15, 0.2) is 8.32 Å². The van der Waals surface area contributed by atoms with Crippen LogP contribution in [0.5, 0.6) is 11.5 Å². The van der Waals surface area contributed by atoms with Crippen molar-refractivity contribution in [1.82, 2.24) is 10.2 Å². The molecule has 0 aliphatic heterocycles. The van der Waals surface area contributed by atoms with Gasteiger partial charge < -0.3 is 24.0 Å². The number of ether oxygens (including phenoxy) is 3. The van der Waals surface area contributed by atoms with Gasteiger partial charge in [-0.05, 0) is 71.9 Å². The van der Waals surface area contributed by atoms with Crippen LogP contribution in [0.3, 0.4) is 0 Å². The molecule has 3 rings (SSSR count). The number of carbonyl (C=O) groups excluding carboxylic acids is 1. The third-order valence-electron chi connectivity index (χ3n) is 8.70. The molecule has 0 aliphatic carbocycles. The number of benzene rings is 3. The standard InChI is InChI=1S/C36H49Cl3N2O5Si/c1-35(2,3)47(6,7)46-25-31(22-28-15-19-33(44-5)20-16-28)41(24-29-11-9-8-10-12-29)30(21-27-13-17-32(43-4)18-14-27)23-40-34(42)45-26-36(37,38)39/h8-20,30-31H,21-26H2,1-7H3,(H,40,42)/t30-,31+/m1/s1. The highest BCUT2D eigenvalue weighted by Gasteiger charge is 2.39. The second-order valence-electron chi connectivity index (χ2n) is 13.2. The molecule has 0 unspecified atom stereocenters. The fourth-order valence-electron chi connectivity index (χ4n) is 4.92.